The molecule has 2 nitrogen and oxygen atoms in total. The topological polar surface area (TPSA) is 36.2 Å². The molecule has 0 aliphatic heterocycles. The number of rotatable bonds is 2. The highest BCUT2D eigenvalue weighted by Gasteiger charge is 1.70. The summed E-state index contributed by atoms with van der Waals surface area (Å²) < 4.78 is 0. The molecule has 0 bridgehead atoms. The molecule has 0 heterocycles. The summed E-state index contributed by atoms with van der Waals surface area (Å²) in [5.74, 6) is 0. The highest BCUT2D eigenvalue weighted by atomic mass is 14.7. The van der Waals surface area contributed by atoms with Gasteiger partial charge in [0.15, 0.2) is 0 Å². The van der Waals surface area contributed by atoms with Gasteiger partial charge in [-0.05, 0) is 13.8 Å². The van der Waals surface area contributed by atoms with Crippen molar-refractivity contribution < 1.29 is 0 Å². The number of allylic oxidation sites excluding steroid dienone is 1. The average molecular weight is 110 g/mol. The Morgan fingerprint density at radius 1 is 1.62 bits per heavy atom. The molecule has 0 aromatic carbocycles. The highest BCUT2D eigenvalue weighted by molar-refractivity contribution is 6.27. The summed E-state index contributed by atoms with van der Waals surface area (Å²) in [4.78, 5) is 3.76. The molecule has 2 heteroatoms. The molecule has 0 fully saturated rings. The van der Waals surface area contributed by atoms with E-state index in [1.807, 2.05) is 13.0 Å². The van der Waals surface area contributed by atoms with E-state index < -0.39 is 0 Å². The lowest BCUT2D eigenvalue weighted by Crippen LogP contribution is -1.85. The fourth-order valence-electron chi connectivity index (χ4n) is 0.241. The molecule has 0 aliphatic carbocycles. The minimum absolute atomic E-state index is 0.475. The fourth-order valence-corrected chi connectivity index (χ4v) is 0.241. The molecule has 0 saturated carbocycles. The van der Waals surface area contributed by atoms with E-state index in [4.69, 9.17) is 5.41 Å². The first kappa shape index (κ1) is 7.08. The Morgan fingerprint density at radius 3 is 2.62 bits per heavy atom. The van der Waals surface area contributed by atoms with Crippen LogP contribution in [0.2, 0.25) is 0 Å². The number of hydrogen-bond donors (Lipinski definition) is 1. The van der Waals surface area contributed by atoms with Gasteiger partial charge in [-0.3, -0.25) is 4.99 Å². The number of hydrogen-bond acceptors (Lipinski definition) is 2. The van der Waals surface area contributed by atoms with Crippen LogP contribution in [0.15, 0.2) is 17.3 Å². The first-order chi connectivity index (χ1) is 3.77. The van der Waals surface area contributed by atoms with Gasteiger partial charge in [-0.25, -0.2) is 0 Å². The van der Waals surface area contributed by atoms with Gasteiger partial charge in [0, 0.05) is 18.1 Å². The minimum Gasteiger partial charge on any atom is -0.304 e. The minimum atomic E-state index is 0.475. The Bertz CT molecular complexity index is 122. The molecule has 0 amide bonds. The monoisotopic (exact) mass is 110 g/mol. The summed E-state index contributed by atoms with van der Waals surface area (Å²) in [6, 6.07) is 0. The van der Waals surface area contributed by atoms with Crippen molar-refractivity contribution >= 4 is 11.9 Å². The van der Waals surface area contributed by atoms with Crippen LogP contribution in [0.5, 0.6) is 0 Å². The standard InChI is InChI=1S/C6H10N2/c1-3-4-8-5-6(2)7/h3-5,7H,1-2H3/b4-3-,7-6?,8-5?. The van der Waals surface area contributed by atoms with Crippen LogP contribution in [-0.4, -0.2) is 11.9 Å². The maximum atomic E-state index is 6.89. The van der Waals surface area contributed by atoms with E-state index in [9.17, 15) is 0 Å². The Morgan fingerprint density at radius 2 is 2.25 bits per heavy atom. The molecule has 0 saturated heterocycles. The summed E-state index contributed by atoms with van der Waals surface area (Å²) in [6.07, 6.45) is 4.97. The van der Waals surface area contributed by atoms with Gasteiger partial charge in [-0.15, -0.1) is 0 Å². The zero-order valence-electron chi connectivity index (χ0n) is 5.18. The molecule has 0 unspecified atom stereocenters. The van der Waals surface area contributed by atoms with E-state index in [1.54, 1.807) is 13.1 Å². The lowest BCUT2D eigenvalue weighted by atomic mass is 10.5. The number of nitrogens with zero attached hydrogens (tertiary/aromatic N) is 1. The van der Waals surface area contributed by atoms with Crippen molar-refractivity contribution in [2.24, 2.45) is 4.99 Å². The molecular formula is C6H10N2. The van der Waals surface area contributed by atoms with Crippen molar-refractivity contribution in [3.05, 3.63) is 12.3 Å². The molecule has 44 valence electrons. The van der Waals surface area contributed by atoms with Gasteiger partial charge in [0.2, 0.25) is 0 Å². The first-order valence-corrected chi connectivity index (χ1v) is 2.47. The molecule has 0 aromatic heterocycles. The second kappa shape index (κ2) is 4.24. The Kier molecular flexibility index (Phi) is 3.76. The van der Waals surface area contributed by atoms with Crippen molar-refractivity contribution in [2.75, 3.05) is 0 Å². The lowest BCUT2D eigenvalue weighted by Gasteiger charge is -1.76. The van der Waals surface area contributed by atoms with Gasteiger partial charge >= 0.3 is 0 Å². The molecule has 1 N–H and O–H groups in total. The summed E-state index contributed by atoms with van der Waals surface area (Å²) in [6.45, 7) is 3.57. The van der Waals surface area contributed by atoms with E-state index >= 15 is 0 Å². The van der Waals surface area contributed by atoms with Gasteiger partial charge in [0.1, 0.15) is 0 Å². The first-order valence-electron chi connectivity index (χ1n) is 2.47. The molecule has 0 aromatic rings. The smallest absolute Gasteiger partial charge is 0.0472 e. The largest absolute Gasteiger partial charge is 0.304 e. The summed E-state index contributed by atoms with van der Waals surface area (Å²) >= 11 is 0. The van der Waals surface area contributed by atoms with Gasteiger partial charge < -0.3 is 5.41 Å². The van der Waals surface area contributed by atoms with Crippen molar-refractivity contribution in [1.29, 1.82) is 5.41 Å². The third-order valence-electron chi connectivity index (χ3n) is 0.503. The van der Waals surface area contributed by atoms with Crippen LogP contribution >= 0.6 is 0 Å². The van der Waals surface area contributed by atoms with Crippen LogP contribution in [-0.2, 0) is 0 Å². The average Bonchev–Trinajstić information content (AvgIpc) is 1.66. The summed E-state index contributed by atoms with van der Waals surface area (Å²) in [7, 11) is 0. The number of nitrogens with one attached hydrogen (secondary N) is 1. The summed E-state index contributed by atoms with van der Waals surface area (Å²) in [5, 5.41) is 6.89. The van der Waals surface area contributed by atoms with E-state index in [0.717, 1.165) is 0 Å². The van der Waals surface area contributed by atoms with Crippen LogP contribution in [0.1, 0.15) is 13.8 Å². The van der Waals surface area contributed by atoms with Crippen LogP contribution in [0.4, 0.5) is 0 Å². The van der Waals surface area contributed by atoms with E-state index in [-0.39, 0.29) is 0 Å². The normalized spacial score (nSPS) is 11.2. The Balaban J connectivity index is 3.50. The molecular weight excluding hydrogens is 100 g/mol. The van der Waals surface area contributed by atoms with Crippen molar-refractivity contribution in [1.82, 2.24) is 0 Å². The Labute approximate surface area is 49.5 Å². The maximum Gasteiger partial charge on any atom is 0.0472 e. The quantitative estimate of drug-likeness (QED) is 0.524. The van der Waals surface area contributed by atoms with Crippen molar-refractivity contribution in [3.8, 4) is 0 Å². The van der Waals surface area contributed by atoms with Gasteiger partial charge in [0.25, 0.3) is 0 Å². The predicted molar refractivity (Wildman–Crippen MR) is 36.7 cm³/mol. The lowest BCUT2D eigenvalue weighted by molar-refractivity contribution is 1.50. The fraction of sp³-hybridized carbons (Fsp3) is 0.333. The SMILES string of the molecule is C/C=C\N=CC(C)=N. The Hall–Kier alpha value is -0.920. The van der Waals surface area contributed by atoms with E-state index in [2.05, 4.69) is 4.99 Å². The van der Waals surface area contributed by atoms with Crippen molar-refractivity contribution in [2.45, 2.75) is 13.8 Å². The summed E-state index contributed by atoms with van der Waals surface area (Å²) in [5.41, 5.74) is 0.475. The zero-order valence-corrected chi connectivity index (χ0v) is 5.18. The van der Waals surface area contributed by atoms with Gasteiger partial charge in [-0.2, -0.15) is 0 Å². The van der Waals surface area contributed by atoms with Crippen LogP contribution in [0.25, 0.3) is 0 Å². The zero-order chi connectivity index (χ0) is 6.41. The van der Waals surface area contributed by atoms with Crippen LogP contribution in [0.3, 0.4) is 0 Å². The molecule has 0 radical (unpaired) electrons. The molecule has 0 rings (SSSR count). The van der Waals surface area contributed by atoms with E-state index in [0.29, 0.717) is 5.71 Å². The second-order valence-corrected chi connectivity index (χ2v) is 1.44. The highest BCUT2D eigenvalue weighted by Crippen LogP contribution is 1.70. The maximum absolute atomic E-state index is 6.89. The van der Waals surface area contributed by atoms with E-state index in [1.165, 1.54) is 6.21 Å². The van der Waals surface area contributed by atoms with Gasteiger partial charge in [-0.1, -0.05) is 6.08 Å². The molecule has 0 aliphatic rings. The third-order valence-corrected chi connectivity index (χ3v) is 0.503. The third kappa shape index (κ3) is 5.08. The predicted octanol–water partition coefficient (Wildman–Crippen LogP) is 1.63. The number of aliphatic imine (C=N–C) groups is 1. The van der Waals surface area contributed by atoms with Crippen molar-refractivity contribution in [3.63, 3.8) is 0 Å². The van der Waals surface area contributed by atoms with Crippen LogP contribution < -0.4 is 0 Å². The molecule has 0 atom stereocenters. The van der Waals surface area contributed by atoms with Gasteiger partial charge in [0.05, 0.1) is 0 Å². The molecule has 8 heavy (non-hydrogen) atoms. The van der Waals surface area contributed by atoms with Crippen LogP contribution in [0, 0.1) is 5.41 Å². The second-order valence-electron chi connectivity index (χ2n) is 1.44. The molecule has 0 spiro atoms.